The monoisotopic (exact) mass is 271 g/mol. The topological polar surface area (TPSA) is 66.4 Å². The van der Waals surface area contributed by atoms with Gasteiger partial charge in [-0.15, -0.1) is 0 Å². The highest BCUT2D eigenvalue weighted by Gasteiger charge is 2.19. The number of rotatable bonds is 6. The molecule has 18 heavy (non-hydrogen) atoms. The number of aryl methyl sites for hydroxylation is 1. The molecule has 0 aromatic heterocycles. The van der Waals surface area contributed by atoms with Crippen LogP contribution in [0.5, 0.6) is 0 Å². The molecule has 0 heterocycles. The highest BCUT2D eigenvalue weighted by molar-refractivity contribution is 7.89. The number of sulfonamides is 1. The molecule has 0 amide bonds. The number of hydrogen-bond donors (Lipinski definition) is 2. The summed E-state index contributed by atoms with van der Waals surface area (Å²) >= 11 is 0. The fraction of sp³-hybridized carbons (Fsp3) is 0.538. The average molecular weight is 271 g/mol. The maximum atomic E-state index is 12.2. The summed E-state index contributed by atoms with van der Waals surface area (Å²) in [5.41, 5.74) is 1.28. The second kappa shape index (κ2) is 6.31. The summed E-state index contributed by atoms with van der Waals surface area (Å²) < 4.78 is 27.1. The van der Waals surface area contributed by atoms with Crippen molar-refractivity contribution in [2.24, 2.45) is 0 Å². The van der Waals surface area contributed by atoms with Gasteiger partial charge in [-0.2, -0.15) is 0 Å². The lowest BCUT2D eigenvalue weighted by Gasteiger charge is -2.15. The Morgan fingerprint density at radius 2 is 2.06 bits per heavy atom. The maximum Gasteiger partial charge on any atom is 0.241 e. The first-order chi connectivity index (χ1) is 8.40. The van der Waals surface area contributed by atoms with Gasteiger partial charge in [0.2, 0.25) is 10.0 Å². The molecular weight excluding hydrogens is 250 g/mol. The molecule has 0 spiro atoms. The number of benzene rings is 1. The van der Waals surface area contributed by atoms with Crippen molar-refractivity contribution in [2.75, 3.05) is 0 Å². The lowest BCUT2D eigenvalue weighted by atomic mass is 10.2. The standard InChI is InChI=1S/C13H21NO3S/c1-4-5-11(3)14-18(16,17)13-8-12(9-15)7-6-10(13)2/h6-8,11,14-15H,4-5,9H2,1-3H3. The van der Waals surface area contributed by atoms with Crippen molar-refractivity contribution in [2.45, 2.75) is 51.2 Å². The summed E-state index contributed by atoms with van der Waals surface area (Å²) in [5, 5.41) is 9.07. The van der Waals surface area contributed by atoms with Crippen molar-refractivity contribution in [3.05, 3.63) is 29.3 Å². The Balaban J connectivity index is 3.04. The summed E-state index contributed by atoms with van der Waals surface area (Å²) in [5.74, 6) is 0. The number of aliphatic hydroxyl groups is 1. The Morgan fingerprint density at radius 1 is 1.39 bits per heavy atom. The van der Waals surface area contributed by atoms with Crippen LogP contribution in [0.3, 0.4) is 0 Å². The lowest BCUT2D eigenvalue weighted by molar-refractivity contribution is 0.281. The van der Waals surface area contributed by atoms with Crippen LogP contribution in [-0.4, -0.2) is 19.6 Å². The third-order valence-electron chi connectivity index (χ3n) is 2.80. The van der Waals surface area contributed by atoms with E-state index in [9.17, 15) is 8.42 Å². The lowest BCUT2D eigenvalue weighted by Crippen LogP contribution is -2.32. The zero-order chi connectivity index (χ0) is 13.8. The quantitative estimate of drug-likeness (QED) is 0.831. The first-order valence-electron chi connectivity index (χ1n) is 6.13. The second-order valence-electron chi connectivity index (χ2n) is 4.57. The molecule has 1 unspecified atom stereocenters. The fourth-order valence-electron chi connectivity index (χ4n) is 1.85. The summed E-state index contributed by atoms with van der Waals surface area (Å²) in [6.07, 6.45) is 1.73. The van der Waals surface area contributed by atoms with E-state index in [1.807, 2.05) is 13.8 Å². The van der Waals surface area contributed by atoms with Crippen LogP contribution in [-0.2, 0) is 16.6 Å². The van der Waals surface area contributed by atoms with Crippen LogP contribution in [0, 0.1) is 6.92 Å². The van der Waals surface area contributed by atoms with Gasteiger partial charge in [0.05, 0.1) is 11.5 Å². The van der Waals surface area contributed by atoms with Crippen LogP contribution in [0.25, 0.3) is 0 Å². The smallest absolute Gasteiger partial charge is 0.241 e. The molecule has 0 saturated heterocycles. The predicted molar refractivity (Wildman–Crippen MR) is 71.8 cm³/mol. The zero-order valence-electron chi connectivity index (χ0n) is 11.1. The van der Waals surface area contributed by atoms with Gasteiger partial charge < -0.3 is 5.11 Å². The molecule has 0 aliphatic heterocycles. The van der Waals surface area contributed by atoms with Crippen LogP contribution < -0.4 is 4.72 Å². The molecule has 5 heteroatoms. The SMILES string of the molecule is CCCC(C)NS(=O)(=O)c1cc(CO)ccc1C. The molecule has 1 aromatic rings. The Morgan fingerprint density at radius 3 is 2.61 bits per heavy atom. The van der Waals surface area contributed by atoms with Crippen molar-refractivity contribution in [3.63, 3.8) is 0 Å². The van der Waals surface area contributed by atoms with E-state index in [4.69, 9.17) is 5.11 Å². The highest BCUT2D eigenvalue weighted by Crippen LogP contribution is 2.18. The molecule has 1 aromatic carbocycles. The van der Waals surface area contributed by atoms with Gasteiger partial charge in [-0.05, 0) is 37.5 Å². The molecule has 1 atom stereocenters. The third kappa shape index (κ3) is 3.80. The molecule has 2 N–H and O–H groups in total. The van der Waals surface area contributed by atoms with Crippen LogP contribution in [0.15, 0.2) is 23.1 Å². The highest BCUT2D eigenvalue weighted by atomic mass is 32.2. The van der Waals surface area contributed by atoms with Crippen LogP contribution in [0.2, 0.25) is 0 Å². The molecule has 0 saturated carbocycles. The van der Waals surface area contributed by atoms with Gasteiger partial charge in [0.25, 0.3) is 0 Å². The van der Waals surface area contributed by atoms with Crippen molar-refractivity contribution in [1.82, 2.24) is 4.72 Å². The minimum absolute atomic E-state index is 0.0859. The minimum Gasteiger partial charge on any atom is -0.392 e. The van der Waals surface area contributed by atoms with Crippen molar-refractivity contribution >= 4 is 10.0 Å². The van der Waals surface area contributed by atoms with Crippen molar-refractivity contribution in [1.29, 1.82) is 0 Å². The van der Waals surface area contributed by atoms with E-state index >= 15 is 0 Å². The molecule has 0 radical (unpaired) electrons. The van der Waals surface area contributed by atoms with Gasteiger partial charge in [0, 0.05) is 6.04 Å². The Bertz CT molecular complexity index is 497. The molecule has 0 aliphatic rings. The summed E-state index contributed by atoms with van der Waals surface area (Å²) in [4.78, 5) is 0.247. The third-order valence-corrected chi connectivity index (χ3v) is 4.53. The van der Waals surface area contributed by atoms with Gasteiger partial charge in [0.15, 0.2) is 0 Å². The van der Waals surface area contributed by atoms with Gasteiger partial charge in [0.1, 0.15) is 0 Å². The molecule has 0 bridgehead atoms. The first-order valence-corrected chi connectivity index (χ1v) is 7.61. The van der Waals surface area contributed by atoms with Crippen LogP contribution >= 0.6 is 0 Å². The van der Waals surface area contributed by atoms with Crippen molar-refractivity contribution in [3.8, 4) is 0 Å². The number of hydrogen-bond acceptors (Lipinski definition) is 3. The van der Waals surface area contributed by atoms with Gasteiger partial charge in [-0.25, -0.2) is 13.1 Å². The molecular formula is C13H21NO3S. The number of nitrogens with one attached hydrogen (secondary N) is 1. The van der Waals surface area contributed by atoms with Gasteiger partial charge >= 0.3 is 0 Å². The van der Waals surface area contributed by atoms with E-state index < -0.39 is 10.0 Å². The average Bonchev–Trinajstić information content (AvgIpc) is 2.29. The van der Waals surface area contributed by atoms with E-state index in [2.05, 4.69) is 4.72 Å². The largest absolute Gasteiger partial charge is 0.392 e. The van der Waals surface area contributed by atoms with E-state index in [1.165, 1.54) is 6.07 Å². The normalized spacial score (nSPS) is 13.6. The van der Waals surface area contributed by atoms with Gasteiger partial charge in [-0.3, -0.25) is 0 Å². The molecule has 102 valence electrons. The van der Waals surface area contributed by atoms with Crippen LogP contribution in [0.4, 0.5) is 0 Å². The Labute approximate surface area is 109 Å². The minimum atomic E-state index is -3.51. The van der Waals surface area contributed by atoms with Gasteiger partial charge in [-0.1, -0.05) is 25.5 Å². The first kappa shape index (κ1) is 15.1. The molecule has 0 fully saturated rings. The van der Waals surface area contributed by atoms with E-state index in [-0.39, 0.29) is 17.5 Å². The fourth-order valence-corrected chi connectivity index (χ4v) is 3.43. The van der Waals surface area contributed by atoms with Crippen molar-refractivity contribution < 1.29 is 13.5 Å². The van der Waals surface area contributed by atoms with E-state index in [0.29, 0.717) is 11.1 Å². The van der Waals surface area contributed by atoms with E-state index in [1.54, 1.807) is 19.1 Å². The second-order valence-corrected chi connectivity index (χ2v) is 6.25. The maximum absolute atomic E-state index is 12.2. The molecule has 4 nitrogen and oxygen atoms in total. The van der Waals surface area contributed by atoms with Crippen LogP contribution in [0.1, 0.15) is 37.8 Å². The summed E-state index contributed by atoms with van der Waals surface area (Å²) in [7, 11) is -3.51. The zero-order valence-corrected chi connectivity index (χ0v) is 11.9. The predicted octanol–water partition coefficient (Wildman–Crippen LogP) is 1.95. The van der Waals surface area contributed by atoms with E-state index in [0.717, 1.165) is 12.8 Å². The molecule has 1 rings (SSSR count). The Kier molecular flexibility index (Phi) is 5.31. The summed E-state index contributed by atoms with van der Waals surface area (Å²) in [6, 6.07) is 4.88. The summed E-state index contributed by atoms with van der Waals surface area (Å²) in [6.45, 7) is 5.46. The number of aliphatic hydroxyl groups excluding tert-OH is 1. The Hall–Kier alpha value is -0.910. The molecule has 0 aliphatic carbocycles.